The molecule has 0 spiro atoms. The van der Waals surface area contributed by atoms with Gasteiger partial charge >= 0.3 is 0 Å². The lowest BCUT2D eigenvalue weighted by molar-refractivity contribution is 0.415. The lowest BCUT2D eigenvalue weighted by Crippen LogP contribution is -1.97. The molecule has 2 heterocycles. The first-order valence-corrected chi connectivity index (χ1v) is 5.40. The summed E-state index contributed by atoms with van der Waals surface area (Å²) in [6.07, 6.45) is 1.68. The number of rotatable bonds is 2. The largest absolute Gasteiger partial charge is 0.497 e. The van der Waals surface area contributed by atoms with Gasteiger partial charge in [0.2, 0.25) is 0 Å². The Kier molecular flexibility index (Phi) is 2.33. The summed E-state index contributed by atoms with van der Waals surface area (Å²) in [5, 5.41) is 12.4. The van der Waals surface area contributed by atoms with E-state index in [1.54, 1.807) is 30.0 Å². The van der Waals surface area contributed by atoms with Crippen LogP contribution in [0, 0.1) is 0 Å². The number of fused-ring (bicyclic) bond motifs is 1. The van der Waals surface area contributed by atoms with E-state index in [0.717, 1.165) is 5.56 Å². The third-order valence-corrected chi connectivity index (χ3v) is 2.68. The molecule has 2 aromatic heterocycles. The minimum absolute atomic E-state index is 0.599. The Morgan fingerprint density at radius 3 is 2.94 bits per heavy atom. The zero-order valence-electron chi connectivity index (χ0n) is 9.74. The number of hydrogen-bond acceptors (Lipinski definition) is 5. The number of aromatic nitrogens is 4. The number of nitrogens with two attached hydrogens (primary N) is 1. The molecule has 0 aliphatic carbocycles. The SMILES string of the molecule is COc1ccc(N)c(-c2nnc3cccnn23)c1. The Balaban J connectivity index is 2.25. The molecule has 1 aromatic carbocycles. The van der Waals surface area contributed by atoms with Crippen LogP contribution in [0.25, 0.3) is 17.0 Å². The van der Waals surface area contributed by atoms with E-state index in [-0.39, 0.29) is 0 Å². The molecule has 0 fully saturated rings. The Labute approximate surface area is 103 Å². The van der Waals surface area contributed by atoms with Gasteiger partial charge in [-0.05, 0) is 30.3 Å². The fourth-order valence-electron chi connectivity index (χ4n) is 1.77. The van der Waals surface area contributed by atoms with Gasteiger partial charge in [0.15, 0.2) is 11.5 Å². The number of hydrogen-bond donors (Lipinski definition) is 1. The number of anilines is 1. The van der Waals surface area contributed by atoms with Gasteiger partial charge in [-0.2, -0.15) is 9.61 Å². The highest BCUT2D eigenvalue weighted by Gasteiger charge is 2.12. The molecule has 6 nitrogen and oxygen atoms in total. The van der Waals surface area contributed by atoms with Crippen molar-refractivity contribution in [1.82, 2.24) is 19.8 Å². The summed E-state index contributed by atoms with van der Waals surface area (Å²) in [6, 6.07) is 9.04. The molecule has 0 aliphatic rings. The van der Waals surface area contributed by atoms with Gasteiger partial charge in [-0.15, -0.1) is 10.2 Å². The average molecular weight is 241 g/mol. The quantitative estimate of drug-likeness (QED) is 0.686. The van der Waals surface area contributed by atoms with E-state index in [1.165, 1.54) is 0 Å². The standard InChI is InChI=1S/C12H11N5O/c1-18-8-4-5-10(13)9(7-8)12-16-15-11-3-2-6-14-17(11)12/h2-7H,13H2,1H3. The maximum absolute atomic E-state index is 5.96. The minimum Gasteiger partial charge on any atom is -0.497 e. The molecule has 0 atom stereocenters. The van der Waals surface area contributed by atoms with Crippen LogP contribution in [0.15, 0.2) is 36.5 Å². The summed E-state index contributed by atoms with van der Waals surface area (Å²) >= 11 is 0. The van der Waals surface area contributed by atoms with Crippen molar-refractivity contribution in [3.63, 3.8) is 0 Å². The van der Waals surface area contributed by atoms with Crippen LogP contribution < -0.4 is 10.5 Å². The molecule has 2 N–H and O–H groups in total. The van der Waals surface area contributed by atoms with E-state index in [1.807, 2.05) is 18.2 Å². The first kappa shape index (κ1) is 10.5. The fraction of sp³-hybridized carbons (Fsp3) is 0.0833. The molecule has 0 bridgehead atoms. The van der Waals surface area contributed by atoms with Crippen molar-refractivity contribution in [2.45, 2.75) is 0 Å². The lowest BCUT2D eigenvalue weighted by atomic mass is 10.1. The van der Waals surface area contributed by atoms with Crippen LogP contribution in [0.1, 0.15) is 0 Å². The summed E-state index contributed by atoms with van der Waals surface area (Å²) in [7, 11) is 1.61. The first-order valence-electron chi connectivity index (χ1n) is 5.40. The highest BCUT2D eigenvalue weighted by atomic mass is 16.5. The van der Waals surface area contributed by atoms with Crippen LogP contribution in [0.2, 0.25) is 0 Å². The predicted octanol–water partition coefficient (Wildman–Crippen LogP) is 1.38. The molecular weight excluding hydrogens is 230 g/mol. The average Bonchev–Trinajstić information content (AvgIpc) is 2.83. The molecule has 90 valence electrons. The van der Waals surface area contributed by atoms with Crippen LogP contribution >= 0.6 is 0 Å². The van der Waals surface area contributed by atoms with Gasteiger partial charge in [0.25, 0.3) is 0 Å². The summed E-state index contributed by atoms with van der Waals surface area (Å²) < 4.78 is 6.83. The molecule has 0 radical (unpaired) electrons. The number of benzene rings is 1. The molecular formula is C12H11N5O. The highest BCUT2D eigenvalue weighted by Crippen LogP contribution is 2.28. The van der Waals surface area contributed by atoms with Crippen molar-refractivity contribution in [2.75, 3.05) is 12.8 Å². The van der Waals surface area contributed by atoms with Gasteiger partial charge in [-0.1, -0.05) is 0 Å². The van der Waals surface area contributed by atoms with E-state index in [2.05, 4.69) is 15.3 Å². The van der Waals surface area contributed by atoms with Crippen molar-refractivity contribution in [3.8, 4) is 17.1 Å². The van der Waals surface area contributed by atoms with Crippen LogP contribution in [-0.4, -0.2) is 26.9 Å². The summed E-state index contributed by atoms with van der Waals surface area (Å²) in [4.78, 5) is 0. The smallest absolute Gasteiger partial charge is 0.187 e. The second-order valence-corrected chi connectivity index (χ2v) is 3.77. The van der Waals surface area contributed by atoms with Gasteiger partial charge in [-0.25, -0.2) is 0 Å². The molecule has 0 amide bonds. The Morgan fingerprint density at radius 2 is 2.11 bits per heavy atom. The second-order valence-electron chi connectivity index (χ2n) is 3.77. The summed E-state index contributed by atoms with van der Waals surface area (Å²) in [5.74, 6) is 1.31. The predicted molar refractivity (Wildman–Crippen MR) is 67.2 cm³/mol. The third kappa shape index (κ3) is 1.55. The maximum Gasteiger partial charge on any atom is 0.187 e. The van der Waals surface area contributed by atoms with Gasteiger partial charge in [-0.3, -0.25) is 0 Å². The second kappa shape index (κ2) is 3.99. The molecule has 0 saturated heterocycles. The lowest BCUT2D eigenvalue weighted by Gasteiger charge is -2.06. The highest BCUT2D eigenvalue weighted by molar-refractivity contribution is 5.74. The van der Waals surface area contributed by atoms with Crippen LogP contribution in [0.3, 0.4) is 0 Å². The number of ether oxygens (including phenoxy) is 1. The minimum atomic E-state index is 0.599. The van der Waals surface area contributed by atoms with E-state index in [9.17, 15) is 0 Å². The normalized spacial score (nSPS) is 10.7. The van der Waals surface area contributed by atoms with Crippen LogP contribution in [0.5, 0.6) is 5.75 Å². The third-order valence-electron chi connectivity index (χ3n) is 2.68. The van der Waals surface area contributed by atoms with Crippen molar-refractivity contribution < 1.29 is 4.74 Å². The van der Waals surface area contributed by atoms with Crippen LogP contribution in [-0.2, 0) is 0 Å². The molecule has 3 aromatic rings. The number of methoxy groups -OCH3 is 1. The van der Waals surface area contributed by atoms with E-state index in [4.69, 9.17) is 10.5 Å². The van der Waals surface area contributed by atoms with Crippen LogP contribution in [0.4, 0.5) is 5.69 Å². The van der Waals surface area contributed by atoms with Gasteiger partial charge in [0, 0.05) is 17.4 Å². The Hall–Kier alpha value is -2.63. The zero-order chi connectivity index (χ0) is 12.5. The van der Waals surface area contributed by atoms with E-state index >= 15 is 0 Å². The van der Waals surface area contributed by atoms with Crippen molar-refractivity contribution in [3.05, 3.63) is 36.5 Å². The Bertz CT molecular complexity index is 707. The molecule has 0 aliphatic heterocycles. The number of nitrogens with zero attached hydrogens (tertiary/aromatic N) is 4. The van der Waals surface area contributed by atoms with Crippen molar-refractivity contribution in [2.24, 2.45) is 0 Å². The summed E-state index contributed by atoms with van der Waals surface area (Å²) in [5.41, 5.74) is 8.00. The van der Waals surface area contributed by atoms with Gasteiger partial charge in [0.1, 0.15) is 5.75 Å². The zero-order valence-corrected chi connectivity index (χ0v) is 9.74. The Morgan fingerprint density at radius 1 is 1.22 bits per heavy atom. The van der Waals surface area contributed by atoms with Gasteiger partial charge < -0.3 is 10.5 Å². The fourth-order valence-corrected chi connectivity index (χ4v) is 1.77. The number of nitrogen functional groups attached to an aromatic ring is 1. The molecule has 0 unspecified atom stereocenters. The van der Waals surface area contributed by atoms with Crippen molar-refractivity contribution in [1.29, 1.82) is 0 Å². The van der Waals surface area contributed by atoms with E-state index in [0.29, 0.717) is 22.9 Å². The first-order chi connectivity index (χ1) is 8.79. The van der Waals surface area contributed by atoms with Crippen molar-refractivity contribution >= 4 is 11.3 Å². The maximum atomic E-state index is 5.96. The molecule has 6 heteroatoms. The molecule has 3 rings (SSSR count). The monoisotopic (exact) mass is 241 g/mol. The summed E-state index contributed by atoms with van der Waals surface area (Å²) in [6.45, 7) is 0. The molecule has 18 heavy (non-hydrogen) atoms. The van der Waals surface area contributed by atoms with E-state index < -0.39 is 0 Å². The molecule has 0 saturated carbocycles. The van der Waals surface area contributed by atoms with Gasteiger partial charge in [0.05, 0.1) is 7.11 Å². The topological polar surface area (TPSA) is 78.3 Å².